The predicted octanol–water partition coefficient (Wildman–Crippen LogP) is 3.65. The van der Waals surface area contributed by atoms with Gasteiger partial charge in [-0.15, -0.1) is 0 Å². The average Bonchev–Trinajstić information content (AvgIpc) is 2.34. The molecule has 0 aliphatic rings. The van der Waals surface area contributed by atoms with E-state index < -0.39 is 0 Å². The average molecular weight is 263 g/mol. The van der Waals surface area contributed by atoms with Crippen LogP contribution in [0.15, 0.2) is 24.3 Å². The summed E-state index contributed by atoms with van der Waals surface area (Å²) in [6, 6.07) is 9.19. The van der Waals surface area contributed by atoms with Crippen molar-refractivity contribution in [3.8, 4) is 0 Å². The van der Waals surface area contributed by atoms with Gasteiger partial charge in [-0.25, -0.2) is 0 Å². The lowest BCUT2D eigenvalue weighted by molar-refractivity contribution is 0.201. The van der Waals surface area contributed by atoms with Gasteiger partial charge in [0.15, 0.2) is 0 Å². The van der Waals surface area contributed by atoms with Crippen LogP contribution in [0, 0.1) is 5.92 Å². The molecule has 2 atom stereocenters. The molecule has 2 heteroatoms. The van der Waals surface area contributed by atoms with Crippen molar-refractivity contribution in [2.75, 3.05) is 6.61 Å². The van der Waals surface area contributed by atoms with Gasteiger partial charge in [0.25, 0.3) is 0 Å². The van der Waals surface area contributed by atoms with Crippen molar-refractivity contribution < 1.29 is 5.11 Å². The Kier molecular flexibility index (Phi) is 5.57. The minimum absolute atomic E-state index is 0.150. The standard InChI is InChI=1S/C17H29NO/c1-12(2)16(11-19)18-13(3)14-7-9-15(10-8-14)17(4,5)6/h7-10,12-13,16,18-19H,11H2,1-6H3/t13?,16-/m1/s1. The largest absolute Gasteiger partial charge is 0.395 e. The van der Waals surface area contributed by atoms with E-state index >= 15 is 0 Å². The smallest absolute Gasteiger partial charge is 0.0587 e. The van der Waals surface area contributed by atoms with E-state index in [2.05, 4.69) is 71.1 Å². The molecule has 0 saturated heterocycles. The number of rotatable bonds is 5. The second-order valence-corrected chi connectivity index (χ2v) is 6.79. The number of hydrogen-bond donors (Lipinski definition) is 2. The third kappa shape index (κ3) is 4.63. The van der Waals surface area contributed by atoms with Crippen LogP contribution in [0.3, 0.4) is 0 Å². The first-order chi connectivity index (χ1) is 8.75. The van der Waals surface area contributed by atoms with Crippen LogP contribution in [0.2, 0.25) is 0 Å². The molecule has 2 nitrogen and oxygen atoms in total. The highest BCUT2D eigenvalue weighted by Crippen LogP contribution is 2.24. The number of nitrogens with one attached hydrogen (secondary N) is 1. The molecule has 0 saturated carbocycles. The highest BCUT2D eigenvalue weighted by atomic mass is 16.3. The molecule has 0 amide bonds. The van der Waals surface area contributed by atoms with Gasteiger partial charge in [-0.3, -0.25) is 0 Å². The van der Waals surface area contributed by atoms with E-state index in [-0.39, 0.29) is 24.1 Å². The fraction of sp³-hybridized carbons (Fsp3) is 0.647. The Morgan fingerprint density at radius 2 is 1.58 bits per heavy atom. The first-order valence-electron chi connectivity index (χ1n) is 7.23. The Morgan fingerprint density at radius 1 is 1.05 bits per heavy atom. The lowest BCUT2D eigenvalue weighted by atomic mass is 9.86. The maximum absolute atomic E-state index is 9.38. The molecular weight excluding hydrogens is 234 g/mol. The zero-order valence-corrected chi connectivity index (χ0v) is 13.2. The van der Waals surface area contributed by atoms with E-state index in [1.165, 1.54) is 11.1 Å². The van der Waals surface area contributed by atoms with Crippen LogP contribution in [-0.2, 0) is 5.41 Å². The number of benzene rings is 1. The fourth-order valence-corrected chi connectivity index (χ4v) is 2.15. The van der Waals surface area contributed by atoms with Crippen molar-refractivity contribution in [1.82, 2.24) is 5.32 Å². The molecule has 0 aliphatic carbocycles. The van der Waals surface area contributed by atoms with Gasteiger partial charge in [0.1, 0.15) is 0 Å². The summed E-state index contributed by atoms with van der Waals surface area (Å²) in [5.41, 5.74) is 2.82. The zero-order valence-electron chi connectivity index (χ0n) is 13.2. The third-order valence-corrected chi connectivity index (χ3v) is 3.74. The predicted molar refractivity (Wildman–Crippen MR) is 82.4 cm³/mol. The Labute approximate surface area is 118 Å². The highest BCUT2D eigenvalue weighted by Gasteiger charge is 2.17. The molecule has 0 aliphatic heterocycles. The number of hydrogen-bond acceptors (Lipinski definition) is 2. The van der Waals surface area contributed by atoms with Crippen LogP contribution < -0.4 is 5.32 Å². The number of aliphatic hydroxyl groups is 1. The number of aliphatic hydroxyl groups excluding tert-OH is 1. The van der Waals surface area contributed by atoms with Gasteiger partial charge >= 0.3 is 0 Å². The van der Waals surface area contributed by atoms with Crippen molar-refractivity contribution in [3.05, 3.63) is 35.4 Å². The maximum Gasteiger partial charge on any atom is 0.0587 e. The summed E-state index contributed by atoms with van der Waals surface area (Å²) < 4.78 is 0. The summed E-state index contributed by atoms with van der Waals surface area (Å²) >= 11 is 0. The molecule has 1 unspecified atom stereocenters. The quantitative estimate of drug-likeness (QED) is 0.850. The van der Waals surface area contributed by atoms with Crippen LogP contribution in [0.4, 0.5) is 0 Å². The maximum atomic E-state index is 9.38. The van der Waals surface area contributed by atoms with Gasteiger partial charge in [-0.05, 0) is 29.4 Å². The van der Waals surface area contributed by atoms with E-state index in [1.54, 1.807) is 0 Å². The summed E-state index contributed by atoms with van der Waals surface area (Å²) in [4.78, 5) is 0. The lowest BCUT2D eigenvalue weighted by Gasteiger charge is -2.26. The molecule has 2 N–H and O–H groups in total. The first kappa shape index (κ1) is 16.2. The molecule has 0 aromatic heterocycles. The molecule has 0 radical (unpaired) electrons. The summed E-state index contributed by atoms with van der Waals surface area (Å²) in [6.07, 6.45) is 0. The van der Waals surface area contributed by atoms with Crippen molar-refractivity contribution in [1.29, 1.82) is 0 Å². The van der Waals surface area contributed by atoms with Gasteiger partial charge in [-0.2, -0.15) is 0 Å². The lowest BCUT2D eigenvalue weighted by Crippen LogP contribution is -2.38. The molecule has 1 aromatic rings. The van der Waals surface area contributed by atoms with Gasteiger partial charge in [0.2, 0.25) is 0 Å². The Morgan fingerprint density at radius 3 is 1.95 bits per heavy atom. The van der Waals surface area contributed by atoms with Crippen molar-refractivity contribution in [2.24, 2.45) is 5.92 Å². The van der Waals surface area contributed by atoms with Crippen LogP contribution in [0.25, 0.3) is 0 Å². The van der Waals surface area contributed by atoms with E-state index in [4.69, 9.17) is 0 Å². The van der Waals surface area contributed by atoms with E-state index in [1.807, 2.05) is 0 Å². The summed E-state index contributed by atoms with van der Waals surface area (Å²) in [6.45, 7) is 13.3. The Hall–Kier alpha value is -0.860. The van der Waals surface area contributed by atoms with Crippen LogP contribution >= 0.6 is 0 Å². The Bertz CT molecular complexity index is 375. The van der Waals surface area contributed by atoms with Gasteiger partial charge in [0.05, 0.1) is 6.61 Å². The summed E-state index contributed by atoms with van der Waals surface area (Å²) in [7, 11) is 0. The van der Waals surface area contributed by atoms with Crippen LogP contribution in [0.1, 0.15) is 58.7 Å². The molecule has 0 heterocycles. The van der Waals surface area contributed by atoms with Crippen LogP contribution in [0.5, 0.6) is 0 Å². The monoisotopic (exact) mass is 263 g/mol. The molecule has 0 bridgehead atoms. The Balaban J connectivity index is 2.75. The van der Waals surface area contributed by atoms with Crippen molar-refractivity contribution in [3.63, 3.8) is 0 Å². The molecule has 1 aromatic carbocycles. The van der Waals surface area contributed by atoms with Gasteiger partial charge < -0.3 is 10.4 Å². The van der Waals surface area contributed by atoms with Crippen molar-refractivity contribution >= 4 is 0 Å². The zero-order chi connectivity index (χ0) is 14.6. The summed E-state index contributed by atoms with van der Waals surface area (Å²) in [5.74, 6) is 0.432. The van der Waals surface area contributed by atoms with Crippen LogP contribution in [-0.4, -0.2) is 17.8 Å². The van der Waals surface area contributed by atoms with E-state index in [9.17, 15) is 5.11 Å². The molecule has 0 fully saturated rings. The second-order valence-electron chi connectivity index (χ2n) is 6.79. The van der Waals surface area contributed by atoms with Gasteiger partial charge in [-0.1, -0.05) is 58.9 Å². The first-order valence-corrected chi connectivity index (χ1v) is 7.23. The second kappa shape index (κ2) is 6.53. The molecule has 19 heavy (non-hydrogen) atoms. The van der Waals surface area contributed by atoms with E-state index in [0.717, 1.165) is 0 Å². The minimum atomic E-state index is 0.150. The molecular formula is C17H29NO. The molecule has 1 rings (SSSR count). The van der Waals surface area contributed by atoms with Gasteiger partial charge in [0, 0.05) is 12.1 Å². The normalized spacial score (nSPS) is 15.6. The summed E-state index contributed by atoms with van der Waals surface area (Å²) in [5, 5.41) is 12.9. The topological polar surface area (TPSA) is 32.3 Å². The minimum Gasteiger partial charge on any atom is -0.395 e. The fourth-order valence-electron chi connectivity index (χ4n) is 2.15. The SMILES string of the molecule is CC(N[C@H](CO)C(C)C)c1ccc(C(C)(C)C)cc1. The highest BCUT2D eigenvalue weighted by molar-refractivity contribution is 5.29. The van der Waals surface area contributed by atoms with Crippen molar-refractivity contribution in [2.45, 2.75) is 59.0 Å². The van der Waals surface area contributed by atoms with E-state index in [0.29, 0.717) is 5.92 Å². The molecule has 108 valence electrons. The molecule has 0 spiro atoms. The third-order valence-electron chi connectivity index (χ3n) is 3.74.